The molecule has 0 saturated carbocycles. The number of benzene rings is 1. The second-order valence-corrected chi connectivity index (χ2v) is 4.30. The smallest absolute Gasteiger partial charge is 0.115 e. The molecule has 1 fully saturated rings. The normalized spacial score (nSPS) is 17.2. The molecule has 0 radical (unpaired) electrons. The van der Waals surface area contributed by atoms with Crippen molar-refractivity contribution in [1.29, 1.82) is 0 Å². The molecule has 0 bridgehead atoms. The molecule has 1 saturated heterocycles. The number of phenolic OH excluding ortho intramolecular Hbond substituents is 1. The second-order valence-electron chi connectivity index (χ2n) is 4.30. The Morgan fingerprint density at radius 2 is 1.88 bits per heavy atom. The zero-order valence-corrected chi connectivity index (χ0v) is 10.1. The molecular weight excluding hydrogens is 216 g/mol. The van der Waals surface area contributed by atoms with Gasteiger partial charge in [0.15, 0.2) is 0 Å². The summed E-state index contributed by atoms with van der Waals surface area (Å²) in [5.41, 5.74) is 1.20. The van der Waals surface area contributed by atoms with Crippen LogP contribution in [0.2, 0.25) is 0 Å². The van der Waals surface area contributed by atoms with Gasteiger partial charge in [0.05, 0.1) is 13.2 Å². The molecular formula is C13H20N2O2. The summed E-state index contributed by atoms with van der Waals surface area (Å²) >= 11 is 0. The van der Waals surface area contributed by atoms with Crippen LogP contribution in [-0.4, -0.2) is 49.4 Å². The Morgan fingerprint density at radius 1 is 1.18 bits per heavy atom. The second kappa shape index (κ2) is 6.59. The summed E-state index contributed by atoms with van der Waals surface area (Å²) in [5, 5.41) is 12.6. The van der Waals surface area contributed by atoms with Gasteiger partial charge in [0, 0.05) is 32.7 Å². The lowest BCUT2D eigenvalue weighted by Crippen LogP contribution is -2.40. The van der Waals surface area contributed by atoms with Crippen LogP contribution >= 0.6 is 0 Å². The van der Waals surface area contributed by atoms with E-state index in [1.807, 2.05) is 12.1 Å². The lowest BCUT2D eigenvalue weighted by atomic mass is 10.2. The quantitative estimate of drug-likeness (QED) is 0.743. The van der Waals surface area contributed by atoms with E-state index >= 15 is 0 Å². The maximum atomic E-state index is 9.16. The molecule has 0 unspecified atom stereocenters. The zero-order valence-electron chi connectivity index (χ0n) is 10.1. The average Bonchev–Trinajstić information content (AvgIpc) is 2.38. The van der Waals surface area contributed by atoms with E-state index < -0.39 is 0 Å². The molecule has 1 aliphatic heterocycles. The minimum Gasteiger partial charge on any atom is -0.508 e. The molecule has 1 aromatic carbocycles. The van der Waals surface area contributed by atoms with Crippen molar-refractivity contribution < 1.29 is 9.84 Å². The lowest BCUT2D eigenvalue weighted by Gasteiger charge is -2.26. The SMILES string of the molecule is Oc1ccc(CNCCN2CCOCC2)cc1. The van der Waals surface area contributed by atoms with E-state index in [0.29, 0.717) is 5.75 Å². The van der Waals surface area contributed by atoms with Crippen LogP contribution in [0.5, 0.6) is 5.75 Å². The summed E-state index contributed by atoms with van der Waals surface area (Å²) in [6.45, 7) is 6.71. The van der Waals surface area contributed by atoms with Crippen molar-refractivity contribution in [2.75, 3.05) is 39.4 Å². The highest BCUT2D eigenvalue weighted by Gasteiger charge is 2.08. The van der Waals surface area contributed by atoms with Crippen molar-refractivity contribution in [2.45, 2.75) is 6.54 Å². The van der Waals surface area contributed by atoms with Gasteiger partial charge < -0.3 is 15.2 Å². The molecule has 1 aromatic rings. The van der Waals surface area contributed by atoms with Gasteiger partial charge in [-0.1, -0.05) is 12.1 Å². The van der Waals surface area contributed by atoms with E-state index in [4.69, 9.17) is 9.84 Å². The molecule has 0 aromatic heterocycles. The molecule has 94 valence electrons. The molecule has 2 N–H and O–H groups in total. The molecule has 17 heavy (non-hydrogen) atoms. The van der Waals surface area contributed by atoms with Crippen LogP contribution in [0.4, 0.5) is 0 Å². The zero-order chi connectivity index (χ0) is 11.9. The third-order valence-electron chi connectivity index (χ3n) is 2.97. The van der Waals surface area contributed by atoms with Crippen LogP contribution in [0.3, 0.4) is 0 Å². The van der Waals surface area contributed by atoms with E-state index in [-0.39, 0.29) is 0 Å². The van der Waals surface area contributed by atoms with E-state index in [1.54, 1.807) is 12.1 Å². The summed E-state index contributed by atoms with van der Waals surface area (Å²) in [6, 6.07) is 7.33. The largest absolute Gasteiger partial charge is 0.508 e. The minimum absolute atomic E-state index is 0.321. The molecule has 0 aliphatic carbocycles. The molecule has 4 heteroatoms. The van der Waals surface area contributed by atoms with E-state index in [1.165, 1.54) is 5.56 Å². The van der Waals surface area contributed by atoms with Crippen molar-refractivity contribution in [3.8, 4) is 5.75 Å². The molecule has 2 rings (SSSR count). The van der Waals surface area contributed by atoms with Gasteiger partial charge in [-0.05, 0) is 17.7 Å². The van der Waals surface area contributed by atoms with Crippen LogP contribution in [0.1, 0.15) is 5.56 Å². The fourth-order valence-electron chi connectivity index (χ4n) is 1.91. The summed E-state index contributed by atoms with van der Waals surface area (Å²) in [5.74, 6) is 0.321. The Bertz CT molecular complexity index is 321. The predicted molar refractivity (Wildman–Crippen MR) is 67.1 cm³/mol. The summed E-state index contributed by atoms with van der Waals surface area (Å²) in [6.07, 6.45) is 0. The van der Waals surface area contributed by atoms with Crippen molar-refractivity contribution in [3.05, 3.63) is 29.8 Å². The molecule has 0 atom stereocenters. The Kier molecular flexibility index (Phi) is 4.79. The number of morpholine rings is 1. The summed E-state index contributed by atoms with van der Waals surface area (Å²) in [4.78, 5) is 2.41. The Hall–Kier alpha value is -1.10. The molecule has 0 amide bonds. The third kappa shape index (κ3) is 4.34. The standard InChI is InChI=1S/C13H20N2O2/c16-13-3-1-12(2-4-13)11-14-5-6-15-7-9-17-10-8-15/h1-4,14,16H,5-11H2. The van der Waals surface area contributed by atoms with Gasteiger partial charge in [-0.15, -0.1) is 0 Å². The number of ether oxygens (including phenoxy) is 1. The van der Waals surface area contributed by atoms with Gasteiger partial charge in [-0.3, -0.25) is 4.90 Å². The number of hydrogen-bond donors (Lipinski definition) is 2. The minimum atomic E-state index is 0.321. The van der Waals surface area contributed by atoms with Crippen LogP contribution in [-0.2, 0) is 11.3 Å². The summed E-state index contributed by atoms with van der Waals surface area (Å²) < 4.78 is 5.30. The van der Waals surface area contributed by atoms with E-state index in [9.17, 15) is 0 Å². The topological polar surface area (TPSA) is 44.7 Å². The van der Waals surface area contributed by atoms with E-state index in [2.05, 4.69) is 10.2 Å². The van der Waals surface area contributed by atoms with Crippen LogP contribution in [0, 0.1) is 0 Å². The summed E-state index contributed by atoms with van der Waals surface area (Å²) in [7, 11) is 0. The van der Waals surface area contributed by atoms with Crippen molar-refractivity contribution in [3.63, 3.8) is 0 Å². The monoisotopic (exact) mass is 236 g/mol. The van der Waals surface area contributed by atoms with Gasteiger partial charge in [-0.2, -0.15) is 0 Å². The van der Waals surface area contributed by atoms with Crippen molar-refractivity contribution in [2.24, 2.45) is 0 Å². The van der Waals surface area contributed by atoms with Gasteiger partial charge in [-0.25, -0.2) is 0 Å². The number of rotatable bonds is 5. The van der Waals surface area contributed by atoms with Gasteiger partial charge in [0.25, 0.3) is 0 Å². The first-order chi connectivity index (χ1) is 8.34. The first-order valence-electron chi connectivity index (χ1n) is 6.13. The Morgan fingerprint density at radius 3 is 2.59 bits per heavy atom. The highest BCUT2D eigenvalue weighted by atomic mass is 16.5. The number of nitrogens with zero attached hydrogens (tertiary/aromatic N) is 1. The Labute approximate surface area is 102 Å². The Balaban J connectivity index is 1.60. The highest BCUT2D eigenvalue weighted by Crippen LogP contribution is 2.08. The van der Waals surface area contributed by atoms with Crippen molar-refractivity contribution >= 4 is 0 Å². The maximum absolute atomic E-state index is 9.16. The predicted octanol–water partition coefficient (Wildman–Crippen LogP) is 0.814. The first-order valence-corrected chi connectivity index (χ1v) is 6.13. The van der Waals surface area contributed by atoms with E-state index in [0.717, 1.165) is 45.9 Å². The molecule has 0 spiro atoms. The maximum Gasteiger partial charge on any atom is 0.115 e. The average molecular weight is 236 g/mol. The fraction of sp³-hybridized carbons (Fsp3) is 0.538. The van der Waals surface area contributed by atoms with Crippen LogP contribution in [0.25, 0.3) is 0 Å². The van der Waals surface area contributed by atoms with Gasteiger partial charge >= 0.3 is 0 Å². The number of hydrogen-bond acceptors (Lipinski definition) is 4. The number of aromatic hydroxyl groups is 1. The fourth-order valence-corrected chi connectivity index (χ4v) is 1.91. The molecule has 1 heterocycles. The third-order valence-corrected chi connectivity index (χ3v) is 2.97. The van der Waals surface area contributed by atoms with Crippen LogP contribution in [0.15, 0.2) is 24.3 Å². The lowest BCUT2D eigenvalue weighted by molar-refractivity contribution is 0.0384. The van der Waals surface area contributed by atoms with Crippen molar-refractivity contribution in [1.82, 2.24) is 10.2 Å². The highest BCUT2D eigenvalue weighted by molar-refractivity contribution is 5.25. The molecule has 4 nitrogen and oxygen atoms in total. The molecule has 1 aliphatic rings. The first kappa shape index (κ1) is 12.4. The van der Waals surface area contributed by atoms with Gasteiger partial charge in [0.2, 0.25) is 0 Å². The number of phenols is 1. The van der Waals surface area contributed by atoms with Gasteiger partial charge in [0.1, 0.15) is 5.75 Å². The number of nitrogens with one attached hydrogen (secondary N) is 1. The van der Waals surface area contributed by atoms with Crippen LogP contribution < -0.4 is 5.32 Å².